The molecule has 1 amide bonds. The molecule has 0 bridgehead atoms. The summed E-state index contributed by atoms with van der Waals surface area (Å²) in [6.45, 7) is 2.50. The van der Waals surface area contributed by atoms with E-state index >= 15 is 0 Å². The topological polar surface area (TPSA) is 58.2 Å². The van der Waals surface area contributed by atoms with Crippen LogP contribution in [-0.2, 0) is 4.74 Å². The molecule has 0 aliphatic heterocycles. The molecule has 1 aromatic heterocycles. The number of hydrogen-bond acceptors (Lipinski definition) is 3. The molecule has 1 unspecified atom stereocenters. The molecule has 2 rings (SSSR count). The summed E-state index contributed by atoms with van der Waals surface area (Å²) in [6, 6.07) is 1.87. The first kappa shape index (κ1) is 12.1. The van der Waals surface area contributed by atoms with Crippen LogP contribution < -0.4 is 0 Å². The van der Waals surface area contributed by atoms with Crippen molar-refractivity contribution in [3.63, 3.8) is 0 Å². The summed E-state index contributed by atoms with van der Waals surface area (Å²) in [6.07, 6.45) is 2.43. The maximum Gasteiger partial charge on any atom is 0.274 e. The Morgan fingerprint density at radius 2 is 2.41 bits per heavy atom. The number of H-pyrrole nitrogens is 1. The Morgan fingerprint density at radius 1 is 1.71 bits per heavy atom. The van der Waals surface area contributed by atoms with Crippen LogP contribution in [0, 0.1) is 0 Å². The van der Waals surface area contributed by atoms with Crippen molar-refractivity contribution in [2.75, 3.05) is 20.7 Å². The molecule has 1 heterocycles. The van der Waals surface area contributed by atoms with E-state index in [0.717, 1.165) is 5.69 Å². The lowest BCUT2D eigenvalue weighted by Crippen LogP contribution is -2.34. The van der Waals surface area contributed by atoms with Crippen LogP contribution in [0.25, 0.3) is 0 Å². The predicted molar refractivity (Wildman–Crippen MR) is 64.0 cm³/mol. The van der Waals surface area contributed by atoms with E-state index in [1.54, 1.807) is 19.1 Å². The fraction of sp³-hybridized carbons (Fsp3) is 0.667. The fourth-order valence-corrected chi connectivity index (χ4v) is 1.79. The van der Waals surface area contributed by atoms with Crippen LogP contribution >= 0.6 is 0 Å². The number of nitrogens with zero attached hydrogens (tertiary/aromatic N) is 2. The van der Waals surface area contributed by atoms with Crippen molar-refractivity contribution in [2.24, 2.45) is 0 Å². The lowest BCUT2D eigenvalue weighted by molar-refractivity contribution is 0.0595. The molecule has 0 aromatic carbocycles. The third kappa shape index (κ3) is 2.85. The molecule has 1 aliphatic carbocycles. The van der Waals surface area contributed by atoms with Gasteiger partial charge in [-0.25, -0.2) is 0 Å². The third-order valence-corrected chi connectivity index (χ3v) is 3.11. The molecule has 0 spiro atoms. The number of likely N-dealkylation sites (N-methyl/N-ethyl adjacent to an activating group) is 1. The van der Waals surface area contributed by atoms with Gasteiger partial charge in [-0.05, 0) is 25.8 Å². The van der Waals surface area contributed by atoms with E-state index in [9.17, 15) is 4.79 Å². The summed E-state index contributed by atoms with van der Waals surface area (Å²) in [7, 11) is 3.41. The fourth-order valence-electron chi connectivity index (χ4n) is 1.79. The molecule has 1 saturated carbocycles. The zero-order valence-corrected chi connectivity index (χ0v) is 10.6. The number of carbonyl (C=O) groups excluding carboxylic acids is 1. The average molecular weight is 237 g/mol. The number of nitrogens with one attached hydrogen (secondary N) is 1. The molecule has 0 saturated heterocycles. The van der Waals surface area contributed by atoms with Gasteiger partial charge in [0.2, 0.25) is 0 Å². The maximum absolute atomic E-state index is 12.0. The highest BCUT2D eigenvalue weighted by molar-refractivity contribution is 5.92. The van der Waals surface area contributed by atoms with E-state index in [1.807, 2.05) is 13.0 Å². The molecule has 0 radical (unpaired) electrons. The molecular weight excluding hydrogens is 218 g/mol. The largest absolute Gasteiger partial charge is 0.380 e. The van der Waals surface area contributed by atoms with Crippen LogP contribution in [0.15, 0.2) is 6.07 Å². The van der Waals surface area contributed by atoms with E-state index in [1.165, 1.54) is 12.8 Å². The van der Waals surface area contributed by atoms with Gasteiger partial charge in [0.25, 0.3) is 5.91 Å². The molecule has 1 aliphatic rings. The number of aromatic amines is 1. The van der Waals surface area contributed by atoms with Crippen molar-refractivity contribution in [3.8, 4) is 0 Å². The van der Waals surface area contributed by atoms with Gasteiger partial charge in [-0.15, -0.1) is 0 Å². The quantitative estimate of drug-likeness (QED) is 0.842. The van der Waals surface area contributed by atoms with E-state index in [2.05, 4.69) is 10.2 Å². The Labute approximate surface area is 101 Å². The van der Waals surface area contributed by atoms with Gasteiger partial charge >= 0.3 is 0 Å². The summed E-state index contributed by atoms with van der Waals surface area (Å²) in [5, 5.41) is 7.02. The van der Waals surface area contributed by atoms with Crippen molar-refractivity contribution < 1.29 is 9.53 Å². The molecule has 17 heavy (non-hydrogen) atoms. The van der Waals surface area contributed by atoms with E-state index in [0.29, 0.717) is 18.2 Å². The summed E-state index contributed by atoms with van der Waals surface area (Å²) >= 11 is 0. The second kappa shape index (κ2) is 4.87. The number of ether oxygens (including phenoxy) is 1. The highest BCUT2D eigenvalue weighted by Gasteiger charge is 2.27. The maximum atomic E-state index is 12.0. The van der Waals surface area contributed by atoms with Gasteiger partial charge in [0.15, 0.2) is 0 Å². The van der Waals surface area contributed by atoms with Gasteiger partial charge in [0, 0.05) is 32.3 Å². The summed E-state index contributed by atoms with van der Waals surface area (Å²) in [4.78, 5) is 13.7. The zero-order chi connectivity index (χ0) is 12.4. The standard InChI is InChI=1S/C12H19N3O2/c1-8(17-3)7-15(2)12(16)11-6-10(13-14-11)9-4-5-9/h6,8-9H,4-5,7H2,1-3H3,(H,13,14). The molecule has 5 nitrogen and oxygen atoms in total. The van der Waals surface area contributed by atoms with Gasteiger partial charge in [0.1, 0.15) is 5.69 Å². The number of aromatic nitrogens is 2. The predicted octanol–water partition coefficient (Wildman–Crippen LogP) is 1.39. The number of rotatable bonds is 5. The SMILES string of the molecule is COC(C)CN(C)C(=O)c1cc(C2CC2)[nH]n1. The first-order valence-electron chi connectivity index (χ1n) is 5.95. The number of methoxy groups -OCH3 is 1. The van der Waals surface area contributed by atoms with Gasteiger partial charge in [-0.2, -0.15) is 5.10 Å². The Balaban J connectivity index is 1.97. The minimum Gasteiger partial charge on any atom is -0.380 e. The summed E-state index contributed by atoms with van der Waals surface area (Å²) < 4.78 is 5.14. The lowest BCUT2D eigenvalue weighted by atomic mass is 10.2. The van der Waals surface area contributed by atoms with E-state index < -0.39 is 0 Å². The zero-order valence-electron chi connectivity index (χ0n) is 10.6. The van der Waals surface area contributed by atoms with Crippen molar-refractivity contribution in [3.05, 3.63) is 17.5 Å². The Morgan fingerprint density at radius 3 is 3.00 bits per heavy atom. The molecule has 5 heteroatoms. The van der Waals surface area contributed by atoms with Gasteiger partial charge in [0.05, 0.1) is 6.10 Å². The van der Waals surface area contributed by atoms with Gasteiger partial charge in [-0.3, -0.25) is 9.89 Å². The lowest BCUT2D eigenvalue weighted by Gasteiger charge is -2.19. The first-order chi connectivity index (χ1) is 8.11. The minimum absolute atomic E-state index is 0.0331. The number of amides is 1. The van der Waals surface area contributed by atoms with E-state index in [4.69, 9.17) is 4.74 Å². The first-order valence-corrected chi connectivity index (χ1v) is 5.95. The monoisotopic (exact) mass is 237 g/mol. The second-order valence-corrected chi connectivity index (χ2v) is 4.71. The number of carbonyl (C=O) groups is 1. The minimum atomic E-state index is -0.0583. The van der Waals surface area contributed by atoms with Crippen LogP contribution in [0.5, 0.6) is 0 Å². The van der Waals surface area contributed by atoms with Crippen LogP contribution in [-0.4, -0.2) is 47.8 Å². The molecule has 1 fully saturated rings. The van der Waals surface area contributed by atoms with Crippen molar-refractivity contribution in [1.82, 2.24) is 15.1 Å². The molecule has 1 atom stereocenters. The van der Waals surface area contributed by atoms with Crippen molar-refractivity contribution in [2.45, 2.75) is 31.8 Å². The average Bonchev–Trinajstić information content (AvgIpc) is 3.06. The van der Waals surface area contributed by atoms with Crippen LogP contribution in [0.3, 0.4) is 0 Å². The highest BCUT2D eigenvalue weighted by Crippen LogP contribution is 2.39. The Hall–Kier alpha value is -1.36. The number of hydrogen-bond donors (Lipinski definition) is 1. The summed E-state index contributed by atoms with van der Waals surface area (Å²) in [5.74, 6) is 0.532. The second-order valence-electron chi connectivity index (χ2n) is 4.71. The molecule has 1 aromatic rings. The smallest absolute Gasteiger partial charge is 0.274 e. The van der Waals surface area contributed by atoms with Crippen LogP contribution in [0.1, 0.15) is 41.9 Å². The van der Waals surface area contributed by atoms with Crippen molar-refractivity contribution >= 4 is 5.91 Å². The molecule has 94 valence electrons. The highest BCUT2D eigenvalue weighted by atomic mass is 16.5. The van der Waals surface area contributed by atoms with Gasteiger partial charge in [-0.1, -0.05) is 0 Å². The molecular formula is C12H19N3O2. The Bertz CT molecular complexity index is 398. The van der Waals surface area contributed by atoms with Crippen LogP contribution in [0.2, 0.25) is 0 Å². The molecule has 1 N–H and O–H groups in total. The normalized spacial score (nSPS) is 16.9. The summed E-state index contributed by atoms with van der Waals surface area (Å²) in [5.41, 5.74) is 1.58. The third-order valence-electron chi connectivity index (χ3n) is 3.11. The Kier molecular flexibility index (Phi) is 3.47. The van der Waals surface area contributed by atoms with E-state index in [-0.39, 0.29) is 12.0 Å². The van der Waals surface area contributed by atoms with Crippen LogP contribution in [0.4, 0.5) is 0 Å². The van der Waals surface area contributed by atoms with Crippen molar-refractivity contribution in [1.29, 1.82) is 0 Å². The van der Waals surface area contributed by atoms with Gasteiger partial charge < -0.3 is 9.64 Å².